The summed E-state index contributed by atoms with van der Waals surface area (Å²) in [4.78, 5) is 2.24. The van der Waals surface area contributed by atoms with E-state index < -0.39 is 0 Å². The van der Waals surface area contributed by atoms with Crippen LogP contribution in [0.15, 0.2) is 60.7 Å². The van der Waals surface area contributed by atoms with Crippen LogP contribution in [0, 0.1) is 0 Å². The normalized spacial score (nSPS) is 13.5. The van der Waals surface area contributed by atoms with Gasteiger partial charge in [0.15, 0.2) is 6.73 Å². The maximum Gasteiger partial charge on any atom is 0.161 e. The third-order valence-electron chi connectivity index (χ3n) is 4.24. The second-order valence-electron chi connectivity index (χ2n) is 5.66. The molecule has 0 saturated heterocycles. The largest absolute Gasteiger partial charge is 0.494 e. The van der Waals surface area contributed by atoms with Crippen LogP contribution in [0.5, 0.6) is 11.5 Å². The van der Waals surface area contributed by atoms with Crippen LogP contribution in [-0.2, 0) is 6.54 Å². The molecule has 0 amide bonds. The molecule has 3 aromatic carbocycles. The first-order valence-electron chi connectivity index (χ1n) is 7.96. The molecular formula is C20H19NO2. The Hall–Kier alpha value is -2.68. The first-order valence-corrected chi connectivity index (χ1v) is 7.96. The molecule has 1 aliphatic heterocycles. The van der Waals surface area contributed by atoms with Gasteiger partial charge in [0.2, 0.25) is 0 Å². The molecule has 0 unspecified atom stereocenters. The van der Waals surface area contributed by atoms with E-state index in [1.807, 2.05) is 19.1 Å². The summed E-state index contributed by atoms with van der Waals surface area (Å²) in [6.07, 6.45) is 0. The Labute approximate surface area is 136 Å². The zero-order chi connectivity index (χ0) is 15.6. The third-order valence-corrected chi connectivity index (χ3v) is 4.24. The van der Waals surface area contributed by atoms with Crippen molar-refractivity contribution in [2.24, 2.45) is 0 Å². The fourth-order valence-corrected chi connectivity index (χ4v) is 3.08. The number of hydrogen-bond acceptors (Lipinski definition) is 3. The van der Waals surface area contributed by atoms with E-state index in [0.717, 1.165) is 23.7 Å². The van der Waals surface area contributed by atoms with Gasteiger partial charge in [0.1, 0.15) is 11.5 Å². The van der Waals surface area contributed by atoms with Crippen molar-refractivity contribution in [3.05, 3.63) is 66.2 Å². The molecule has 0 fully saturated rings. The first kappa shape index (κ1) is 13.9. The van der Waals surface area contributed by atoms with E-state index in [0.29, 0.717) is 13.3 Å². The highest BCUT2D eigenvalue weighted by atomic mass is 16.5. The fourth-order valence-electron chi connectivity index (χ4n) is 3.08. The topological polar surface area (TPSA) is 21.7 Å². The molecule has 3 nitrogen and oxygen atoms in total. The van der Waals surface area contributed by atoms with Gasteiger partial charge in [-0.1, -0.05) is 30.3 Å². The highest BCUT2D eigenvalue weighted by molar-refractivity contribution is 5.88. The van der Waals surface area contributed by atoms with Crippen LogP contribution in [0.1, 0.15) is 12.5 Å². The Kier molecular flexibility index (Phi) is 3.54. The van der Waals surface area contributed by atoms with Crippen molar-refractivity contribution < 1.29 is 9.47 Å². The molecule has 3 aromatic rings. The standard InChI is InChI=1S/C20H19NO2/c1-2-22-17-10-8-16(9-11-17)21-13-19-18-6-4-3-5-15(18)7-12-20(19)23-14-21/h3-12H,2,13-14H2,1H3. The Morgan fingerprint density at radius 1 is 1.00 bits per heavy atom. The van der Waals surface area contributed by atoms with E-state index in [1.54, 1.807) is 0 Å². The molecule has 0 radical (unpaired) electrons. The average Bonchev–Trinajstić information content (AvgIpc) is 2.62. The molecule has 1 heterocycles. The SMILES string of the molecule is CCOc1ccc(N2COc3ccc4ccccc4c3C2)cc1. The molecule has 0 bridgehead atoms. The molecule has 0 aliphatic carbocycles. The fraction of sp³-hybridized carbons (Fsp3) is 0.200. The van der Waals surface area contributed by atoms with Gasteiger partial charge in [0.05, 0.1) is 13.2 Å². The summed E-state index contributed by atoms with van der Waals surface area (Å²) in [5.41, 5.74) is 2.40. The molecular weight excluding hydrogens is 286 g/mol. The summed E-state index contributed by atoms with van der Waals surface area (Å²) in [6, 6.07) is 20.9. The van der Waals surface area contributed by atoms with Gasteiger partial charge in [-0.15, -0.1) is 0 Å². The van der Waals surface area contributed by atoms with Gasteiger partial charge < -0.3 is 14.4 Å². The minimum Gasteiger partial charge on any atom is -0.494 e. The van der Waals surface area contributed by atoms with Crippen LogP contribution in [0.25, 0.3) is 10.8 Å². The second kappa shape index (κ2) is 5.84. The maximum atomic E-state index is 5.97. The lowest BCUT2D eigenvalue weighted by molar-refractivity contribution is 0.290. The molecule has 0 N–H and O–H groups in total. The molecule has 4 rings (SSSR count). The summed E-state index contributed by atoms with van der Waals surface area (Å²) in [5.74, 6) is 1.89. The lowest BCUT2D eigenvalue weighted by Gasteiger charge is -2.31. The number of ether oxygens (including phenoxy) is 2. The monoisotopic (exact) mass is 305 g/mol. The lowest BCUT2D eigenvalue weighted by atomic mass is 10.0. The second-order valence-corrected chi connectivity index (χ2v) is 5.66. The molecule has 23 heavy (non-hydrogen) atoms. The van der Waals surface area contributed by atoms with Crippen LogP contribution in [0.4, 0.5) is 5.69 Å². The van der Waals surface area contributed by atoms with Crippen molar-refractivity contribution in [1.29, 1.82) is 0 Å². The smallest absolute Gasteiger partial charge is 0.161 e. The van der Waals surface area contributed by atoms with E-state index in [9.17, 15) is 0 Å². The van der Waals surface area contributed by atoms with Crippen molar-refractivity contribution >= 4 is 16.5 Å². The highest BCUT2D eigenvalue weighted by Gasteiger charge is 2.19. The zero-order valence-corrected chi connectivity index (χ0v) is 13.2. The summed E-state index contributed by atoms with van der Waals surface area (Å²) in [7, 11) is 0. The van der Waals surface area contributed by atoms with E-state index in [1.165, 1.54) is 16.3 Å². The van der Waals surface area contributed by atoms with Crippen molar-refractivity contribution in [1.82, 2.24) is 0 Å². The Morgan fingerprint density at radius 3 is 2.65 bits per heavy atom. The average molecular weight is 305 g/mol. The Morgan fingerprint density at radius 2 is 1.83 bits per heavy atom. The summed E-state index contributed by atoms with van der Waals surface area (Å²) >= 11 is 0. The lowest BCUT2D eigenvalue weighted by Crippen LogP contribution is -2.31. The molecule has 3 heteroatoms. The summed E-state index contributed by atoms with van der Waals surface area (Å²) < 4.78 is 11.5. The van der Waals surface area contributed by atoms with Gasteiger partial charge in [-0.2, -0.15) is 0 Å². The quantitative estimate of drug-likeness (QED) is 0.706. The number of anilines is 1. The molecule has 1 aliphatic rings. The summed E-state index contributed by atoms with van der Waals surface area (Å²) in [6.45, 7) is 4.10. The number of fused-ring (bicyclic) bond motifs is 3. The number of hydrogen-bond donors (Lipinski definition) is 0. The van der Waals surface area contributed by atoms with Crippen molar-refractivity contribution in [2.75, 3.05) is 18.2 Å². The maximum absolute atomic E-state index is 5.97. The van der Waals surface area contributed by atoms with Gasteiger partial charge in [0.25, 0.3) is 0 Å². The first-order chi connectivity index (χ1) is 11.3. The minimum atomic E-state index is 0.569. The number of nitrogens with zero attached hydrogens (tertiary/aromatic N) is 1. The van der Waals surface area contributed by atoms with E-state index in [-0.39, 0.29) is 0 Å². The molecule has 0 saturated carbocycles. The van der Waals surface area contributed by atoms with E-state index in [4.69, 9.17) is 9.47 Å². The van der Waals surface area contributed by atoms with Crippen LogP contribution in [0.3, 0.4) is 0 Å². The van der Waals surface area contributed by atoms with Gasteiger partial charge in [-0.25, -0.2) is 0 Å². The molecule has 0 spiro atoms. The van der Waals surface area contributed by atoms with Crippen LogP contribution >= 0.6 is 0 Å². The molecule has 0 aromatic heterocycles. The van der Waals surface area contributed by atoms with E-state index in [2.05, 4.69) is 53.4 Å². The van der Waals surface area contributed by atoms with Crippen molar-refractivity contribution in [3.63, 3.8) is 0 Å². The predicted octanol–water partition coefficient (Wildman–Crippen LogP) is 4.60. The molecule has 116 valence electrons. The Bertz CT molecular complexity index is 827. The van der Waals surface area contributed by atoms with Crippen LogP contribution < -0.4 is 14.4 Å². The minimum absolute atomic E-state index is 0.569. The van der Waals surface area contributed by atoms with Crippen molar-refractivity contribution in [2.45, 2.75) is 13.5 Å². The number of benzene rings is 3. The van der Waals surface area contributed by atoms with Gasteiger partial charge in [0, 0.05) is 11.3 Å². The van der Waals surface area contributed by atoms with Gasteiger partial charge >= 0.3 is 0 Å². The van der Waals surface area contributed by atoms with Gasteiger partial charge in [-0.05, 0) is 48.0 Å². The van der Waals surface area contributed by atoms with Crippen molar-refractivity contribution in [3.8, 4) is 11.5 Å². The van der Waals surface area contributed by atoms with E-state index >= 15 is 0 Å². The highest BCUT2D eigenvalue weighted by Crippen LogP contribution is 2.34. The zero-order valence-electron chi connectivity index (χ0n) is 13.2. The Balaban J connectivity index is 1.66. The van der Waals surface area contributed by atoms with Crippen LogP contribution in [-0.4, -0.2) is 13.3 Å². The van der Waals surface area contributed by atoms with Crippen LogP contribution in [0.2, 0.25) is 0 Å². The predicted molar refractivity (Wildman–Crippen MR) is 93.2 cm³/mol. The number of rotatable bonds is 3. The van der Waals surface area contributed by atoms with Gasteiger partial charge in [-0.3, -0.25) is 0 Å². The summed E-state index contributed by atoms with van der Waals surface area (Å²) in [5, 5.41) is 2.52. The third kappa shape index (κ3) is 2.59. The molecule has 0 atom stereocenters.